The smallest absolute Gasteiger partial charge is 0.252 e. The first-order valence-electron chi connectivity index (χ1n) is 7.41. The average Bonchev–Trinajstić information content (AvgIpc) is 2.54. The highest BCUT2D eigenvalue weighted by molar-refractivity contribution is 5.93. The molecule has 2 N–H and O–H groups in total. The second-order valence-electron chi connectivity index (χ2n) is 5.92. The number of pyridine rings is 1. The molecule has 0 saturated heterocycles. The summed E-state index contributed by atoms with van der Waals surface area (Å²) >= 11 is 0. The Morgan fingerprint density at radius 1 is 1.27 bits per heavy atom. The zero-order valence-corrected chi connectivity index (χ0v) is 13.0. The van der Waals surface area contributed by atoms with Gasteiger partial charge in [-0.3, -0.25) is 9.78 Å². The van der Waals surface area contributed by atoms with Crippen molar-refractivity contribution in [2.24, 2.45) is 5.41 Å². The van der Waals surface area contributed by atoms with E-state index in [2.05, 4.69) is 10.3 Å². The Morgan fingerprint density at radius 3 is 2.59 bits per heavy atom. The summed E-state index contributed by atoms with van der Waals surface area (Å²) in [6, 6.07) is 13.4. The SMILES string of the molecule is CC(O)C(C)(CNC(=O)c1cccnc1)Cc1ccccc1. The second kappa shape index (κ2) is 7.18. The van der Waals surface area contributed by atoms with Crippen LogP contribution in [0.4, 0.5) is 0 Å². The van der Waals surface area contributed by atoms with E-state index in [1.807, 2.05) is 37.3 Å². The van der Waals surface area contributed by atoms with Crippen LogP contribution in [0.2, 0.25) is 0 Å². The molecule has 0 spiro atoms. The number of carbonyl (C=O) groups excluding carboxylic acids is 1. The van der Waals surface area contributed by atoms with Gasteiger partial charge in [-0.1, -0.05) is 37.3 Å². The minimum absolute atomic E-state index is 0.173. The quantitative estimate of drug-likeness (QED) is 0.861. The fraction of sp³-hybridized carbons (Fsp3) is 0.333. The number of hydrogen-bond acceptors (Lipinski definition) is 3. The average molecular weight is 298 g/mol. The molecule has 0 radical (unpaired) electrons. The first kappa shape index (κ1) is 16.2. The normalized spacial score (nSPS) is 14.9. The minimum Gasteiger partial charge on any atom is -0.393 e. The Hall–Kier alpha value is -2.20. The van der Waals surface area contributed by atoms with Crippen LogP contribution in [0.15, 0.2) is 54.9 Å². The third-order valence-corrected chi connectivity index (χ3v) is 4.04. The number of aliphatic hydroxyl groups excluding tert-OH is 1. The van der Waals surface area contributed by atoms with Crippen molar-refractivity contribution in [2.45, 2.75) is 26.4 Å². The molecule has 0 aliphatic carbocycles. The van der Waals surface area contributed by atoms with E-state index in [0.717, 1.165) is 5.56 Å². The molecule has 1 aromatic heterocycles. The van der Waals surface area contributed by atoms with Gasteiger partial charge in [0.1, 0.15) is 0 Å². The summed E-state index contributed by atoms with van der Waals surface area (Å²) in [4.78, 5) is 16.1. The van der Waals surface area contributed by atoms with E-state index in [1.54, 1.807) is 25.3 Å². The number of nitrogens with one attached hydrogen (secondary N) is 1. The largest absolute Gasteiger partial charge is 0.393 e. The van der Waals surface area contributed by atoms with Crippen molar-refractivity contribution in [3.8, 4) is 0 Å². The van der Waals surface area contributed by atoms with E-state index in [9.17, 15) is 9.90 Å². The summed E-state index contributed by atoms with van der Waals surface area (Å²) in [5, 5.41) is 13.1. The molecule has 0 saturated carbocycles. The first-order valence-corrected chi connectivity index (χ1v) is 7.41. The van der Waals surface area contributed by atoms with E-state index in [0.29, 0.717) is 18.5 Å². The van der Waals surface area contributed by atoms with E-state index < -0.39 is 11.5 Å². The molecule has 2 aromatic rings. The maximum atomic E-state index is 12.1. The standard InChI is InChI=1S/C18H22N2O2/c1-14(21)18(2,11-15-7-4-3-5-8-15)13-20-17(22)16-9-6-10-19-12-16/h3-10,12,14,21H,11,13H2,1-2H3,(H,20,22). The van der Waals surface area contributed by atoms with Gasteiger partial charge in [0, 0.05) is 24.4 Å². The van der Waals surface area contributed by atoms with Gasteiger partial charge in [0.05, 0.1) is 11.7 Å². The monoisotopic (exact) mass is 298 g/mol. The van der Waals surface area contributed by atoms with Gasteiger partial charge in [0.25, 0.3) is 5.91 Å². The van der Waals surface area contributed by atoms with Crippen LogP contribution in [0.3, 0.4) is 0 Å². The fourth-order valence-corrected chi connectivity index (χ4v) is 2.30. The predicted molar refractivity (Wildman–Crippen MR) is 86.5 cm³/mol. The Kier molecular flexibility index (Phi) is 5.28. The number of aromatic nitrogens is 1. The van der Waals surface area contributed by atoms with E-state index in [4.69, 9.17) is 0 Å². The molecule has 2 unspecified atom stereocenters. The van der Waals surface area contributed by atoms with E-state index in [-0.39, 0.29) is 5.91 Å². The predicted octanol–water partition coefficient (Wildman–Crippen LogP) is 2.44. The number of benzene rings is 1. The molecule has 1 heterocycles. The molecule has 2 atom stereocenters. The Balaban J connectivity index is 2.04. The second-order valence-corrected chi connectivity index (χ2v) is 5.92. The summed E-state index contributed by atoms with van der Waals surface area (Å²) in [5.74, 6) is -0.173. The molecular weight excluding hydrogens is 276 g/mol. The highest BCUT2D eigenvalue weighted by Gasteiger charge is 2.31. The first-order chi connectivity index (χ1) is 10.5. The summed E-state index contributed by atoms with van der Waals surface area (Å²) in [7, 11) is 0. The van der Waals surface area contributed by atoms with Crippen LogP contribution in [-0.4, -0.2) is 28.6 Å². The molecule has 1 amide bonds. The zero-order valence-electron chi connectivity index (χ0n) is 13.0. The molecular formula is C18H22N2O2. The van der Waals surface area contributed by atoms with Crippen LogP contribution in [0.5, 0.6) is 0 Å². The van der Waals surface area contributed by atoms with Gasteiger partial charge in [-0.15, -0.1) is 0 Å². The molecule has 22 heavy (non-hydrogen) atoms. The Morgan fingerprint density at radius 2 is 2.00 bits per heavy atom. The van der Waals surface area contributed by atoms with Gasteiger partial charge in [-0.25, -0.2) is 0 Å². The van der Waals surface area contributed by atoms with Gasteiger partial charge < -0.3 is 10.4 Å². The minimum atomic E-state index is -0.540. The third kappa shape index (κ3) is 4.15. The van der Waals surface area contributed by atoms with Crippen molar-refractivity contribution in [1.82, 2.24) is 10.3 Å². The summed E-state index contributed by atoms with van der Waals surface area (Å²) in [6.45, 7) is 4.14. The lowest BCUT2D eigenvalue weighted by Crippen LogP contribution is -2.43. The van der Waals surface area contributed by atoms with Crippen molar-refractivity contribution < 1.29 is 9.90 Å². The van der Waals surface area contributed by atoms with Gasteiger partial charge >= 0.3 is 0 Å². The molecule has 2 rings (SSSR count). The van der Waals surface area contributed by atoms with Crippen LogP contribution in [0.1, 0.15) is 29.8 Å². The van der Waals surface area contributed by atoms with Crippen LogP contribution < -0.4 is 5.32 Å². The lowest BCUT2D eigenvalue weighted by Gasteiger charge is -2.33. The van der Waals surface area contributed by atoms with Crippen LogP contribution in [0.25, 0.3) is 0 Å². The summed E-state index contributed by atoms with van der Waals surface area (Å²) < 4.78 is 0. The Labute approximate surface area is 131 Å². The zero-order chi connectivity index (χ0) is 16.0. The lowest BCUT2D eigenvalue weighted by atomic mass is 9.79. The van der Waals surface area contributed by atoms with Gasteiger partial charge in [-0.2, -0.15) is 0 Å². The maximum absolute atomic E-state index is 12.1. The van der Waals surface area contributed by atoms with Crippen LogP contribution in [-0.2, 0) is 6.42 Å². The summed E-state index contributed by atoms with van der Waals surface area (Å²) in [5.41, 5.74) is 1.23. The number of hydrogen-bond donors (Lipinski definition) is 2. The van der Waals surface area contributed by atoms with Crippen molar-refractivity contribution in [2.75, 3.05) is 6.54 Å². The molecule has 4 heteroatoms. The fourth-order valence-electron chi connectivity index (χ4n) is 2.30. The van der Waals surface area contributed by atoms with Gasteiger partial charge in [0.2, 0.25) is 0 Å². The number of nitrogens with zero attached hydrogens (tertiary/aromatic N) is 1. The number of rotatable bonds is 6. The van der Waals surface area contributed by atoms with Crippen molar-refractivity contribution >= 4 is 5.91 Å². The molecule has 0 fully saturated rings. The van der Waals surface area contributed by atoms with E-state index >= 15 is 0 Å². The van der Waals surface area contributed by atoms with Crippen LogP contribution >= 0.6 is 0 Å². The van der Waals surface area contributed by atoms with Crippen molar-refractivity contribution in [1.29, 1.82) is 0 Å². The number of amides is 1. The number of carbonyl (C=O) groups is 1. The van der Waals surface area contributed by atoms with Gasteiger partial charge in [0.15, 0.2) is 0 Å². The Bertz CT molecular complexity index is 599. The maximum Gasteiger partial charge on any atom is 0.252 e. The number of aliphatic hydroxyl groups is 1. The lowest BCUT2D eigenvalue weighted by molar-refractivity contribution is 0.0500. The van der Waals surface area contributed by atoms with Crippen molar-refractivity contribution in [3.05, 3.63) is 66.0 Å². The molecule has 0 aliphatic rings. The topological polar surface area (TPSA) is 62.2 Å². The van der Waals surface area contributed by atoms with Crippen molar-refractivity contribution in [3.63, 3.8) is 0 Å². The third-order valence-electron chi connectivity index (χ3n) is 4.04. The molecule has 4 nitrogen and oxygen atoms in total. The van der Waals surface area contributed by atoms with Crippen LogP contribution in [0, 0.1) is 5.41 Å². The molecule has 1 aromatic carbocycles. The highest BCUT2D eigenvalue weighted by atomic mass is 16.3. The molecule has 0 aliphatic heterocycles. The van der Waals surface area contributed by atoms with Gasteiger partial charge in [-0.05, 0) is 31.0 Å². The van der Waals surface area contributed by atoms with E-state index in [1.165, 1.54) is 6.20 Å². The highest BCUT2D eigenvalue weighted by Crippen LogP contribution is 2.26. The molecule has 0 bridgehead atoms. The molecule has 116 valence electrons. The summed E-state index contributed by atoms with van der Waals surface area (Å²) in [6.07, 6.45) is 3.32.